The molecule has 0 bridgehead atoms. The first-order valence-corrected chi connectivity index (χ1v) is 13.2. The van der Waals surface area contributed by atoms with Crippen LogP contribution in [0, 0.1) is 19.3 Å². The molecule has 2 saturated heterocycles. The predicted molar refractivity (Wildman–Crippen MR) is 129 cm³/mol. The van der Waals surface area contributed by atoms with Gasteiger partial charge in [-0.25, -0.2) is 8.42 Å². The van der Waals surface area contributed by atoms with Gasteiger partial charge >= 0.3 is 5.97 Å². The summed E-state index contributed by atoms with van der Waals surface area (Å²) in [6.45, 7) is 10.6. The lowest BCUT2D eigenvalue weighted by atomic mass is 9.78. The lowest BCUT2D eigenvalue weighted by Crippen LogP contribution is -2.47. The van der Waals surface area contributed by atoms with Crippen LogP contribution in [-0.4, -0.2) is 67.5 Å². The molecule has 1 spiro atoms. The van der Waals surface area contributed by atoms with Gasteiger partial charge in [-0.1, -0.05) is 12.1 Å². The molecule has 2 aliphatic heterocycles. The van der Waals surface area contributed by atoms with Gasteiger partial charge in [-0.15, -0.1) is 0 Å². The largest absolute Gasteiger partial charge is 0.466 e. The topological polar surface area (TPSA) is 79.0 Å². The molecule has 7 nitrogen and oxygen atoms in total. The number of nitrogens with one attached hydrogen (secondary N) is 1. The molecule has 9 heteroatoms. The summed E-state index contributed by atoms with van der Waals surface area (Å²) in [6, 6.07) is 5.49. The molecule has 0 aromatic heterocycles. The number of rotatable bonds is 6. The van der Waals surface area contributed by atoms with Crippen molar-refractivity contribution in [2.75, 3.05) is 32.8 Å². The van der Waals surface area contributed by atoms with Gasteiger partial charge in [-0.05, 0) is 81.8 Å². The first-order valence-electron chi connectivity index (χ1n) is 11.3. The summed E-state index contributed by atoms with van der Waals surface area (Å²) in [6.07, 6.45) is 2.93. The number of carbonyl (C=O) groups excluding carboxylic acids is 1. The lowest BCUT2D eigenvalue weighted by Gasteiger charge is -2.39. The van der Waals surface area contributed by atoms with E-state index in [9.17, 15) is 13.2 Å². The number of hydrogen-bond acceptors (Lipinski definition) is 5. The average Bonchev–Trinajstić information content (AvgIpc) is 3.13. The number of carbonyl (C=O) groups is 1. The summed E-state index contributed by atoms with van der Waals surface area (Å²) in [7, 11) is -3.49. The van der Waals surface area contributed by atoms with Crippen LogP contribution >= 0.6 is 12.2 Å². The van der Waals surface area contributed by atoms with Crippen molar-refractivity contribution in [1.29, 1.82) is 0 Å². The minimum atomic E-state index is -3.49. The van der Waals surface area contributed by atoms with E-state index in [1.165, 1.54) is 0 Å². The van der Waals surface area contributed by atoms with Crippen LogP contribution in [0.3, 0.4) is 0 Å². The van der Waals surface area contributed by atoms with Crippen molar-refractivity contribution in [2.45, 2.75) is 64.3 Å². The normalized spacial score (nSPS) is 19.7. The van der Waals surface area contributed by atoms with Crippen LogP contribution in [0.2, 0.25) is 0 Å². The first kappa shape index (κ1) is 24.9. The molecule has 1 atom stereocenters. The van der Waals surface area contributed by atoms with E-state index in [0.29, 0.717) is 29.7 Å². The van der Waals surface area contributed by atoms with E-state index in [2.05, 4.69) is 10.2 Å². The number of hydrogen-bond donors (Lipinski definition) is 1. The zero-order valence-corrected chi connectivity index (χ0v) is 21.2. The molecule has 0 aliphatic carbocycles. The number of benzene rings is 1. The van der Waals surface area contributed by atoms with Crippen LogP contribution in [0.1, 0.15) is 50.7 Å². The van der Waals surface area contributed by atoms with Crippen molar-refractivity contribution in [3.63, 3.8) is 0 Å². The Morgan fingerprint density at radius 1 is 1.22 bits per heavy atom. The fraction of sp³-hybridized carbons (Fsp3) is 0.652. The fourth-order valence-electron chi connectivity index (χ4n) is 4.66. The van der Waals surface area contributed by atoms with Crippen LogP contribution in [0.25, 0.3) is 0 Å². The Balaban J connectivity index is 1.56. The van der Waals surface area contributed by atoms with Gasteiger partial charge in [-0.2, -0.15) is 4.31 Å². The third kappa shape index (κ3) is 5.61. The van der Waals surface area contributed by atoms with E-state index in [4.69, 9.17) is 17.0 Å². The van der Waals surface area contributed by atoms with Gasteiger partial charge in [-0.3, -0.25) is 4.79 Å². The summed E-state index contributed by atoms with van der Waals surface area (Å²) in [5.74, 6) is -0.231. The van der Waals surface area contributed by atoms with E-state index >= 15 is 0 Å². The van der Waals surface area contributed by atoms with Crippen molar-refractivity contribution >= 4 is 33.3 Å². The van der Waals surface area contributed by atoms with E-state index in [0.717, 1.165) is 43.5 Å². The second kappa shape index (κ2) is 10.1. The third-order valence-corrected chi connectivity index (χ3v) is 9.03. The molecular weight excluding hydrogens is 446 g/mol. The molecule has 1 aromatic rings. The zero-order chi connectivity index (χ0) is 23.5. The maximum Gasteiger partial charge on any atom is 0.307 e. The molecule has 0 amide bonds. The predicted octanol–water partition coefficient (Wildman–Crippen LogP) is 3.00. The number of thiocarbonyl (C=S) groups is 1. The molecule has 3 rings (SSSR count). The molecule has 1 unspecified atom stereocenters. The molecule has 0 saturated carbocycles. The molecule has 1 aromatic carbocycles. The third-order valence-electron chi connectivity index (χ3n) is 6.62. The van der Waals surface area contributed by atoms with Crippen molar-refractivity contribution in [2.24, 2.45) is 5.41 Å². The number of likely N-dealkylation sites (tertiary alicyclic amines) is 1. The Labute approximate surface area is 197 Å². The maximum absolute atomic E-state index is 13.2. The zero-order valence-electron chi connectivity index (χ0n) is 19.5. The first-order chi connectivity index (χ1) is 15.1. The number of piperidine rings is 1. The standard InChI is InChI=1S/C23H35N3O4S2/c1-5-30-21(27)15-19(4)24-22(31)25-11-8-23(16-25)9-12-26(13-10-23)32(28,29)20-14-17(2)6-7-18(20)3/h6-7,14,19H,5,8-13,15-16H2,1-4H3,(H,24,31). The SMILES string of the molecule is CCOC(=O)CC(C)NC(=S)N1CCC2(CCN(S(=O)(=O)c3cc(C)ccc3C)CC2)C1. The summed E-state index contributed by atoms with van der Waals surface area (Å²) < 4.78 is 33.1. The number of sulfonamides is 1. The highest BCUT2D eigenvalue weighted by atomic mass is 32.2. The monoisotopic (exact) mass is 481 g/mol. The number of aryl methyl sites for hydroxylation is 2. The van der Waals surface area contributed by atoms with E-state index in [1.54, 1.807) is 17.3 Å². The molecular formula is C23H35N3O4S2. The Hall–Kier alpha value is -1.71. The number of nitrogens with zero attached hydrogens (tertiary/aromatic N) is 2. The molecule has 2 heterocycles. The van der Waals surface area contributed by atoms with Crippen LogP contribution < -0.4 is 5.32 Å². The van der Waals surface area contributed by atoms with Crippen LogP contribution in [-0.2, 0) is 19.6 Å². The van der Waals surface area contributed by atoms with Crippen molar-refractivity contribution in [3.05, 3.63) is 29.3 Å². The maximum atomic E-state index is 13.2. The van der Waals surface area contributed by atoms with Gasteiger partial charge in [0.1, 0.15) is 0 Å². The minimum Gasteiger partial charge on any atom is -0.466 e. The average molecular weight is 482 g/mol. The minimum absolute atomic E-state index is 0.0871. The summed E-state index contributed by atoms with van der Waals surface area (Å²) in [4.78, 5) is 14.3. The molecule has 178 valence electrons. The summed E-state index contributed by atoms with van der Waals surface area (Å²) >= 11 is 5.59. The highest BCUT2D eigenvalue weighted by Crippen LogP contribution is 2.41. The van der Waals surface area contributed by atoms with Gasteiger partial charge in [0.05, 0.1) is 17.9 Å². The van der Waals surface area contributed by atoms with Gasteiger partial charge < -0.3 is 15.0 Å². The Morgan fingerprint density at radius 2 is 1.88 bits per heavy atom. The molecule has 0 radical (unpaired) electrons. The molecule has 1 N–H and O–H groups in total. The fourth-order valence-corrected chi connectivity index (χ4v) is 6.77. The van der Waals surface area contributed by atoms with Crippen molar-refractivity contribution in [1.82, 2.24) is 14.5 Å². The van der Waals surface area contributed by atoms with Gasteiger partial charge in [0.2, 0.25) is 10.0 Å². The van der Waals surface area contributed by atoms with E-state index < -0.39 is 10.0 Å². The van der Waals surface area contributed by atoms with Crippen molar-refractivity contribution in [3.8, 4) is 0 Å². The van der Waals surface area contributed by atoms with Crippen LogP contribution in [0.5, 0.6) is 0 Å². The number of ether oxygens (including phenoxy) is 1. The molecule has 32 heavy (non-hydrogen) atoms. The lowest BCUT2D eigenvalue weighted by molar-refractivity contribution is -0.143. The quantitative estimate of drug-likeness (QED) is 0.494. The highest BCUT2D eigenvalue weighted by Gasteiger charge is 2.43. The van der Waals surface area contributed by atoms with Crippen LogP contribution in [0.4, 0.5) is 0 Å². The van der Waals surface area contributed by atoms with Crippen LogP contribution in [0.15, 0.2) is 23.1 Å². The Bertz CT molecular complexity index is 956. The van der Waals surface area contributed by atoms with Gasteiger partial charge in [0, 0.05) is 32.2 Å². The smallest absolute Gasteiger partial charge is 0.307 e. The molecule has 2 fully saturated rings. The van der Waals surface area contributed by atoms with Crippen molar-refractivity contribution < 1.29 is 17.9 Å². The van der Waals surface area contributed by atoms with Gasteiger partial charge in [0.15, 0.2) is 5.11 Å². The van der Waals surface area contributed by atoms with E-state index in [1.807, 2.05) is 32.9 Å². The molecule has 2 aliphatic rings. The van der Waals surface area contributed by atoms with Gasteiger partial charge in [0.25, 0.3) is 0 Å². The second-order valence-electron chi connectivity index (χ2n) is 9.20. The Kier molecular flexibility index (Phi) is 7.83. The Morgan fingerprint density at radius 3 is 2.53 bits per heavy atom. The van der Waals surface area contributed by atoms with E-state index in [-0.39, 0.29) is 23.8 Å². The summed E-state index contributed by atoms with van der Waals surface area (Å²) in [5.41, 5.74) is 1.83. The highest BCUT2D eigenvalue weighted by molar-refractivity contribution is 7.89. The second-order valence-corrected chi connectivity index (χ2v) is 11.5. The number of esters is 1. The summed E-state index contributed by atoms with van der Waals surface area (Å²) in [5, 5.41) is 3.91.